The predicted molar refractivity (Wildman–Crippen MR) is 53.6 cm³/mol. The second-order valence-corrected chi connectivity index (χ2v) is 4.14. The van der Waals surface area contributed by atoms with E-state index in [4.69, 9.17) is 4.52 Å². The zero-order chi connectivity index (χ0) is 10.7. The summed E-state index contributed by atoms with van der Waals surface area (Å²) in [5.74, 6) is 1.30. The van der Waals surface area contributed by atoms with E-state index in [1.165, 1.54) is 19.4 Å². The molecule has 0 aromatic carbocycles. The fourth-order valence-electron chi connectivity index (χ4n) is 2.09. The minimum absolute atomic E-state index is 0.147. The van der Waals surface area contributed by atoms with Crippen LogP contribution in [0.1, 0.15) is 29.4 Å². The zero-order valence-corrected chi connectivity index (χ0v) is 8.85. The van der Waals surface area contributed by atoms with Crippen LogP contribution in [0.25, 0.3) is 0 Å². The Balaban J connectivity index is 1.92. The first kappa shape index (κ1) is 10.3. The largest absolute Gasteiger partial charge is 0.339 e. The maximum absolute atomic E-state index is 10.4. The number of carbonyl (C=O) groups excluding carboxylic acids is 1. The van der Waals surface area contributed by atoms with Gasteiger partial charge in [-0.3, -0.25) is 4.79 Å². The number of nitrogens with zero attached hydrogens (tertiary/aromatic N) is 3. The monoisotopic (exact) mass is 209 g/mol. The molecule has 1 aromatic heterocycles. The molecule has 1 aliphatic rings. The van der Waals surface area contributed by atoms with Crippen LogP contribution < -0.4 is 0 Å². The first-order valence-corrected chi connectivity index (χ1v) is 5.24. The molecule has 0 aliphatic carbocycles. The van der Waals surface area contributed by atoms with Crippen molar-refractivity contribution in [1.82, 2.24) is 15.0 Å². The second-order valence-electron chi connectivity index (χ2n) is 4.14. The molecular weight excluding hydrogens is 194 g/mol. The number of hydrogen-bond acceptors (Lipinski definition) is 5. The lowest BCUT2D eigenvalue weighted by molar-refractivity contribution is 0.111. The molecule has 15 heavy (non-hydrogen) atoms. The van der Waals surface area contributed by atoms with Gasteiger partial charge in [0.25, 0.3) is 0 Å². The van der Waals surface area contributed by atoms with Gasteiger partial charge < -0.3 is 9.42 Å². The van der Waals surface area contributed by atoms with Crippen LogP contribution in [0.5, 0.6) is 0 Å². The lowest BCUT2D eigenvalue weighted by atomic mass is 9.95. The molecule has 0 amide bonds. The quantitative estimate of drug-likeness (QED) is 0.688. The van der Waals surface area contributed by atoms with Gasteiger partial charge in [0.15, 0.2) is 6.29 Å². The van der Waals surface area contributed by atoms with E-state index in [0.29, 0.717) is 18.1 Å². The molecule has 0 N–H and O–H groups in total. The lowest BCUT2D eigenvalue weighted by Gasteiger charge is -2.28. The van der Waals surface area contributed by atoms with Gasteiger partial charge in [0.2, 0.25) is 11.7 Å². The Hall–Kier alpha value is -1.23. The predicted octanol–water partition coefficient (Wildman–Crippen LogP) is 0.766. The van der Waals surface area contributed by atoms with Gasteiger partial charge in [0, 0.05) is 13.0 Å². The molecule has 1 saturated heterocycles. The highest BCUT2D eigenvalue weighted by Crippen LogP contribution is 2.18. The van der Waals surface area contributed by atoms with Gasteiger partial charge in [-0.15, -0.1) is 0 Å². The number of rotatable bonds is 3. The minimum atomic E-state index is 0.147. The molecule has 0 spiro atoms. The van der Waals surface area contributed by atoms with E-state index in [0.717, 1.165) is 13.0 Å². The molecule has 1 aromatic rings. The Labute approximate surface area is 88.5 Å². The summed E-state index contributed by atoms with van der Waals surface area (Å²) in [4.78, 5) is 16.7. The fraction of sp³-hybridized carbons (Fsp3) is 0.700. The standard InChI is InChI=1S/C10H15N3O2/c1-13-4-2-3-8(6-13)5-10-11-9(7-14)12-15-10/h7-8H,2-6H2,1H3. The van der Waals surface area contributed by atoms with Crippen LogP contribution >= 0.6 is 0 Å². The SMILES string of the molecule is CN1CCCC(Cc2nc(C=O)no2)C1. The zero-order valence-electron chi connectivity index (χ0n) is 8.85. The van der Waals surface area contributed by atoms with E-state index in [9.17, 15) is 4.79 Å². The molecule has 82 valence electrons. The smallest absolute Gasteiger partial charge is 0.235 e. The number of hydrogen-bond donors (Lipinski definition) is 0. The lowest BCUT2D eigenvalue weighted by Crippen LogP contribution is -2.33. The normalized spacial score (nSPS) is 22.9. The molecule has 2 heterocycles. The third-order valence-electron chi connectivity index (χ3n) is 2.77. The van der Waals surface area contributed by atoms with Crippen LogP contribution in [0.4, 0.5) is 0 Å². The number of carbonyl (C=O) groups is 1. The van der Waals surface area contributed by atoms with Crippen molar-refractivity contribution in [2.24, 2.45) is 5.92 Å². The molecule has 0 radical (unpaired) electrons. The fourth-order valence-corrected chi connectivity index (χ4v) is 2.09. The van der Waals surface area contributed by atoms with E-state index >= 15 is 0 Å². The summed E-state index contributed by atoms with van der Waals surface area (Å²) in [5, 5.41) is 3.55. The van der Waals surface area contributed by atoms with Crippen LogP contribution in [0.3, 0.4) is 0 Å². The minimum Gasteiger partial charge on any atom is -0.339 e. The third kappa shape index (κ3) is 2.62. The third-order valence-corrected chi connectivity index (χ3v) is 2.77. The number of aldehydes is 1. The van der Waals surface area contributed by atoms with E-state index in [1.54, 1.807) is 0 Å². The molecule has 0 bridgehead atoms. The van der Waals surface area contributed by atoms with Gasteiger partial charge >= 0.3 is 0 Å². The summed E-state index contributed by atoms with van der Waals surface area (Å²) < 4.78 is 4.98. The molecular formula is C10H15N3O2. The van der Waals surface area contributed by atoms with Crippen LogP contribution in [-0.4, -0.2) is 41.5 Å². The molecule has 2 rings (SSSR count). The van der Waals surface area contributed by atoms with Crippen LogP contribution in [0.15, 0.2) is 4.52 Å². The summed E-state index contributed by atoms with van der Waals surface area (Å²) in [6.07, 6.45) is 3.81. The summed E-state index contributed by atoms with van der Waals surface area (Å²) >= 11 is 0. The average Bonchev–Trinajstić information content (AvgIpc) is 2.65. The summed E-state index contributed by atoms with van der Waals surface area (Å²) in [5.41, 5.74) is 0. The molecule has 0 saturated carbocycles. The molecule has 1 aliphatic heterocycles. The van der Waals surface area contributed by atoms with Crippen LogP contribution in [0.2, 0.25) is 0 Å². The van der Waals surface area contributed by atoms with Crippen LogP contribution in [0, 0.1) is 5.92 Å². The Kier molecular flexibility index (Phi) is 3.11. The summed E-state index contributed by atoms with van der Waals surface area (Å²) in [6.45, 7) is 2.23. The Morgan fingerprint density at radius 1 is 1.67 bits per heavy atom. The average molecular weight is 209 g/mol. The van der Waals surface area contributed by atoms with Gasteiger partial charge in [-0.1, -0.05) is 5.16 Å². The van der Waals surface area contributed by atoms with Crippen molar-refractivity contribution in [1.29, 1.82) is 0 Å². The highest BCUT2D eigenvalue weighted by atomic mass is 16.5. The summed E-state index contributed by atoms with van der Waals surface area (Å²) in [6, 6.07) is 0. The molecule has 1 fully saturated rings. The Morgan fingerprint density at radius 2 is 2.53 bits per heavy atom. The highest BCUT2D eigenvalue weighted by molar-refractivity contribution is 5.68. The Bertz CT molecular complexity index is 337. The van der Waals surface area contributed by atoms with Gasteiger partial charge in [-0.25, -0.2) is 0 Å². The Morgan fingerprint density at radius 3 is 3.20 bits per heavy atom. The maximum atomic E-state index is 10.4. The van der Waals surface area contributed by atoms with Gasteiger partial charge in [-0.2, -0.15) is 4.98 Å². The van der Waals surface area contributed by atoms with Crippen molar-refractivity contribution in [3.8, 4) is 0 Å². The number of likely N-dealkylation sites (tertiary alicyclic amines) is 1. The molecule has 1 unspecified atom stereocenters. The van der Waals surface area contributed by atoms with Crippen molar-refractivity contribution in [2.75, 3.05) is 20.1 Å². The van der Waals surface area contributed by atoms with Gasteiger partial charge in [-0.05, 0) is 32.4 Å². The van der Waals surface area contributed by atoms with E-state index in [2.05, 4.69) is 22.1 Å². The van der Waals surface area contributed by atoms with Gasteiger partial charge in [0.05, 0.1) is 0 Å². The first-order chi connectivity index (χ1) is 7.28. The highest BCUT2D eigenvalue weighted by Gasteiger charge is 2.20. The van der Waals surface area contributed by atoms with Crippen molar-refractivity contribution < 1.29 is 9.32 Å². The number of aromatic nitrogens is 2. The van der Waals surface area contributed by atoms with E-state index in [1.807, 2.05) is 0 Å². The van der Waals surface area contributed by atoms with E-state index < -0.39 is 0 Å². The van der Waals surface area contributed by atoms with Crippen molar-refractivity contribution in [3.05, 3.63) is 11.7 Å². The van der Waals surface area contributed by atoms with E-state index in [-0.39, 0.29) is 5.82 Å². The van der Waals surface area contributed by atoms with Crippen LogP contribution in [-0.2, 0) is 6.42 Å². The van der Waals surface area contributed by atoms with Crippen molar-refractivity contribution >= 4 is 6.29 Å². The summed E-state index contributed by atoms with van der Waals surface area (Å²) in [7, 11) is 2.12. The van der Waals surface area contributed by atoms with Crippen molar-refractivity contribution in [2.45, 2.75) is 19.3 Å². The molecule has 5 nitrogen and oxygen atoms in total. The van der Waals surface area contributed by atoms with Crippen molar-refractivity contribution in [3.63, 3.8) is 0 Å². The number of piperidine rings is 1. The first-order valence-electron chi connectivity index (χ1n) is 5.24. The maximum Gasteiger partial charge on any atom is 0.235 e. The molecule has 1 atom stereocenters. The topological polar surface area (TPSA) is 59.2 Å². The second kappa shape index (κ2) is 4.53. The van der Waals surface area contributed by atoms with Gasteiger partial charge in [0.1, 0.15) is 0 Å². The molecule has 5 heteroatoms.